The molecule has 0 bridgehead atoms. The monoisotopic (exact) mass is 225 g/mol. The molecule has 1 amide bonds. The van der Waals surface area contributed by atoms with E-state index in [1.54, 1.807) is 0 Å². The average molecular weight is 225 g/mol. The summed E-state index contributed by atoms with van der Waals surface area (Å²) in [6.07, 6.45) is 1.35. The fourth-order valence-corrected chi connectivity index (χ4v) is 1.64. The number of carbonyl (C=O) groups excluding carboxylic acids is 1. The van der Waals surface area contributed by atoms with Crippen molar-refractivity contribution in [3.05, 3.63) is 18.0 Å². The zero-order chi connectivity index (χ0) is 11.5. The molecule has 1 aliphatic heterocycles. The molecule has 1 aromatic rings. The van der Waals surface area contributed by atoms with E-state index in [1.807, 2.05) is 0 Å². The minimum absolute atomic E-state index is 0.0631. The van der Waals surface area contributed by atoms with Crippen LogP contribution in [0, 0.1) is 0 Å². The Morgan fingerprint density at radius 2 is 2.44 bits per heavy atom. The third-order valence-corrected chi connectivity index (χ3v) is 2.44. The number of aliphatic carboxylic acids is 1. The summed E-state index contributed by atoms with van der Waals surface area (Å²) in [5.74, 6) is -1.40. The van der Waals surface area contributed by atoms with Gasteiger partial charge in [-0.3, -0.25) is 4.79 Å². The number of piperazine rings is 1. The average Bonchev–Trinajstić information content (AvgIpc) is 2.81. The molecule has 1 fully saturated rings. The molecule has 0 saturated carbocycles. The standard InChI is InChI=1S/C9H11N3O4/c13-8(7-1-2-11-16-7)12-4-3-10-5-6(12)9(14)15/h1-2,6,10H,3-5H2,(H,14,15). The number of nitrogens with zero attached hydrogens (tertiary/aromatic N) is 2. The van der Waals surface area contributed by atoms with Gasteiger partial charge in [-0.25, -0.2) is 4.79 Å². The van der Waals surface area contributed by atoms with Crippen molar-refractivity contribution in [1.82, 2.24) is 15.4 Å². The van der Waals surface area contributed by atoms with Crippen LogP contribution in [0.2, 0.25) is 0 Å². The zero-order valence-corrected chi connectivity index (χ0v) is 8.42. The van der Waals surface area contributed by atoms with Crippen LogP contribution in [0.1, 0.15) is 10.6 Å². The van der Waals surface area contributed by atoms with Gasteiger partial charge in [-0.2, -0.15) is 0 Å². The first-order valence-corrected chi connectivity index (χ1v) is 4.85. The molecule has 0 spiro atoms. The molecule has 2 rings (SSSR count). The van der Waals surface area contributed by atoms with E-state index in [0.717, 1.165) is 0 Å². The Hall–Kier alpha value is -1.89. The largest absolute Gasteiger partial charge is 0.480 e. The summed E-state index contributed by atoms with van der Waals surface area (Å²) < 4.78 is 4.72. The minimum Gasteiger partial charge on any atom is -0.480 e. The SMILES string of the molecule is O=C(O)C1CNCCN1C(=O)c1ccno1. The Morgan fingerprint density at radius 3 is 3.06 bits per heavy atom. The molecule has 16 heavy (non-hydrogen) atoms. The summed E-state index contributed by atoms with van der Waals surface area (Å²) in [4.78, 5) is 24.1. The van der Waals surface area contributed by atoms with Crippen molar-refractivity contribution in [3.8, 4) is 0 Å². The number of carboxylic acids is 1. The first-order valence-electron chi connectivity index (χ1n) is 4.85. The third kappa shape index (κ3) is 1.89. The van der Waals surface area contributed by atoms with Gasteiger partial charge in [0.25, 0.3) is 5.91 Å². The Balaban J connectivity index is 2.17. The van der Waals surface area contributed by atoms with E-state index in [2.05, 4.69) is 10.5 Å². The fraction of sp³-hybridized carbons (Fsp3) is 0.444. The van der Waals surface area contributed by atoms with E-state index in [4.69, 9.17) is 9.63 Å². The summed E-state index contributed by atoms with van der Waals surface area (Å²) in [6, 6.07) is 0.565. The number of rotatable bonds is 2. The molecule has 1 saturated heterocycles. The molecule has 7 nitrogen and oxygen atoms in total. The molecule has 0 aliphatic carbocycles. The maximum Gasteiger partial charge on any atom is 0.327 e. The van der Waals surface area contributed by atoms with E-state index in [-0.39, 0.29) is 12.3 Å². The lowest BCUT2D eigenvalue weighted by Gasteiger charge is -2.32. The highest BCUT2D eigenvalue weighted by Gasteiger charge is 2.33. The van der Waals surface area contributed by atoms with Gasteiger partial charge in [0.2, 0.25) is 5.76 Å². The first kappa shape index (κ1) is 10.6. The number of carbonyl (C=O) groups is 2. The van der Waals surface area contributed by atoms with Crippen LogP contribution in [0.5, 0.6) is 0 Å². The van der Waals surface area contributed by atoms with Gasteiger partial charge in [-0.05, 0) is 0 Å². The van der Waals surface area contributed by atoms with Gasteiger partial charge < -0.3 is 19.8 Å². The van der Waals surface area contributed by atoms with E-state index >= 15 is 0 Å². The third-order valence-electron chi connectivity index (χ3n) is 2.44. The number of hydrogen-bond donors (Lipinski definition) is 2. The Bertz CT molecular complexity index is 389. The van der Waals surface area contributed by atoms with Crippen LogP contribution in [0.4, 0.5) is 0 Å². The second kappa shape index (κ2) is 4.31. The number of amides is 1. The van der Waals surface area contributed by atoms with Crippen molar-refractivity contribution in [1.29, 1.82) is 0 Å². The van der Waals surface area contributed by atoms with Crippen LogP contribution in [-0.4, -0.2) is 52.7 Å². The lowest BCUT2D eigenvalue weighted by Crippen LogP contribution is -2.56. The normalized spacial score (nSPS) is 20.8. The highest BCUT2D eigenvalue weighted by molar-refractivity contribution is 5.94. The van der Waals surface area contributed by atoms with Crippen LogP contribution in [0.3, 0.4) is 0 Å². The fourth-order valence-electron chi connectivity index (χ4n) is 1.64. The van der Waals surface area contributed by atoms with Crippen molar-refractivity contribution >= 4 is 11.9 Å². The minimum atomic E-state index is -1.03. The van der Waals surface area contributed by atoms with Crippen molar-refractivity contribution in [2.24, 2.45) is 0 Å². The number of hydrogen-bond acceptors (Lipinski definition) is 5. The number of aromatic nitrogens is 1. The maximum atomic E-state index is 11.9. The molecule has 1 aromatic heterocycles. The lowest BCUT2D eigenvalue weighted by molar-refractivity contribution is -0.142. The Kier molecular flexibility index (Phi) is 2.86. The number of carboxylic acid groups (broad SMARTS) is 1. The van der Waals surface area contributed by atoms with E-state index in [0.29, 0.717) is 13.1 Å². The van der Waals surface area contributed by atoms with Crippen LogP contribution < -0.4 is 5.32 Å². The zero-order valence-electron chi connectivity index (χ0n) is 8.42. The molecular formula is C9H11N3O4. The van der Waals surface area contributed by atoms with Crippen LogP contribution in [0.25, 0.3) is 0 Å². The maximum absolute atomic E-state index is 11.9. The van der Waals surface area contributed by atoms with E-state index in [1.165, 1.54) is 17.2 Å². The second-order valence-electron chi connectivity index (χ2n) is 3.43. The van der Waals surface area contributed by atoms with Gasteiger partial charge in [0.15, 0.2) is 0 Å². The Morgan fingerprint density at radius 1 is 1.62 bits per heavy atom. The smallest absolute Gasteiger partial charge is 0.327 e. The highest BCUT2D eigenvalue weighted by atomic mass is 16.5. The molecule has 1 unspecified atom stereocenters. The Labute approximate surface area is 91.0 Å². The van der Waals surface area contributed by atoms with Gasteiger partial charge in [0, 0.05) is 25.7 Å². The first-order chi connectivity index (χ1) is 7.70. The quantitative estimate of drug-likeness (QED) is 0.682. The summed E-state index contributed by atoms with van der Waals surface area (Å²) in [5.41, 5.74) is 0. The van der Waals surface area contributed by atoms with Crippen molar-refractivity contribution in [2.75, 3.05) is 19.6 Å². The molecule has 0 radical (unpaired) electrons. The summed E-state index contributed by atoms with van der Waals surface area (Å²) >= 11 is 0. The van der Waals surface area contributed by atoms with Crippen molar-refractivity contribution < 1.29 is 19.2 Å². The second-order valence-corrected chi connectivity index (χ2v) is 3.43. The summed E-state index contributed by atoms with van der Waals surface area (Å²) in [5, 5.41) is 15.3. The van der Waals surface area contributed by atoms with Crippen LogP contribution in [-0.2, 0) is 4.79 Å². The predicted octanol–water partition coefficient (Wildman–Crippen LogP) is -0.827. The van der Waals surface area contributed by atoms with Gasteiger partial charge in [-0.1, -0.05) is 5.16 Å². The molecular weight excluding hydrogens is 214 g/mol. The van der Waals surface area contributed by atoms with Crippen molar-refractivity contribution in [3.63, 3.8) is 0 Å². The van der Waals surface area contributed by atoms with Crippen LogP contribution >= 0.6 is 0 Å². The van der Waals surface area contributed by atoms with Gasteiger partial charge in [0.05, 0.1) is 6.20 Å². The molecule has 2 heterocycles. The lowest BCUT2D eigenvalue weighted by atomic mass is 10.2. The van der Waals surface area contributed by atoms with Crippen molar-refractivity contribution in [2.45, 2.75) is 6.04 Å². The van der Waals surface area contributed by atoms with E-state index < -0.39 is 17.9 Å². The highest BCUT2D eigenvalue weighted by Crippen LogP contribution is 2.10. The molecule has 0 aromatic carbocycles. The molecule has 1 aliphatic rings. The topological polar surface area (TPSA) is 95.7 Å². The van der Waals surface area contributed by atoms with Crippen LogP contribution in [0.15, 0.2) is 16.8 Å². The van der Waals surface area contributed by atoms with E-state index in [9.17, 15) is 9.59 Å². The molecule has 2 N–H and O–H groups in total. The predicted molar refractivity (Wildman–Crippen MR) is 51.8 cm³/mol. The van der Waals surface area contributed by atoms with Gasteiger partial charge in [0.1, 0.15) is 6.04 Å². The molecule has 7 heteroatoms. The summed E-state index contributed by atoms with van der Waals surface area (Å²) in [6.45, 7) is 1.16. The molecule has 86 valence electrons. The molecule has 1 atom stereocenters. The van der Waals surface area contributed by atoms with Gasteiger partial charge in [-0.15, -0.1) is 0 Å². The van der Waals surface area contributed by atoms with Gasteiger partial charge >= 0.3 is 5.97 Å². The summed E-state index contributed by atoms with van der Waals surface area (Å²) in [7, 11) is 0. The number of nitrogens with one attached hydrogen (secondary N) is 1.